The zero-order valence-electron chi connectivity index (χ0n) is 16.7. The van der Waals surface area contributed by atoms with Crippen molar-refractivity contribution in [3.05, 3.63) is 54.1 Å². The number of nitrogens with zero attached hydrogens (tertiary/aromatic N) is 1. The number of nitrogens with one attached hydrogen (secondary N) is 1. The number of carbonyl (C=O) groups excluding carboxylic acids is 1. The molecule has 0 saturated heterocycles. The van der Waals surface area contributed by atoms with E-state index in [1.807, 2.05) is 37.3 Å². The van der Waals surface area contributed by atoms with Crippen molar-refractivity contribution >= 4 is 21.6 Å². The Labute approximate surface area is 166 Å². The minimum atomic E-state index is -3.73. The normalized spacial score (nSPS) is 13.3. The fraction of sp³-hybridized carbons (Fsp3) is 0.350. The highest BCUT2D eigenvalue weighted by molar-refractivity contribution is 7.92. The van der Waals surface area contributed by atoms with E-state index in [0.29, 0.717) is 17.2 Å². The summed E-state index contributed by atoms with van der Waals surface area (Å²) in [5.41, 5.74) is 1.25. The van der Waals surface area contributed by atoms with E-state index >= 15 is 0 Å². The van der Waals surface area contributed by atoms with E-state index in [9.17, 15) is 13.2 Å². The molecule has 0 aliphatic rings. The van der Waals surface area contributed by atoms with Crippen molar-refractivity contribution in [2.45, 2.75) is 25.9 Å². The number of carbonyl (C=O) groups is 1. The van der Waals surface area contributed by atoms with E-state index in [2.05, 4.69) is 5.32 Å². The average molecular weight is 407 g/mol. The van der Waals surface area contributed by atoms with E-state index in [-0.39, 0.29) is 6.04 Å². The van der Waals surface area contributed by atoms with Crippen LogP contribution in [0, 0.1) is 0 Å². The predicted octanol–water partition coefficient (Wildman–Crippen LogP) is 2.74. The number of methoxy groups -OCH3 is 2. The molecule has 0 bridgehead atoms. The molecule has 0 aliphatic heterocycles. The van der Waals surface area contributed by atoms with E-state index in [4.69, 9.17) is 9.47 Å². The van der Waals surface area contributed by atoms with Crippen LogP contribution in [0.4, 0.5) is 5.69 Å². The second-order valence-corrected chi connectivity index (χ2v) is 8.27. The lowest BCUT2D eigenvalue weighted by atomic mass is 10.1. The molecule has 2 aromatic carbocycles. The van der Waals surface area contributed by atoms with Crippen molar-refractivity contribution in [2.75, 3.05) is 24.8 Å². The third-order valence-corrected chi connectivity index (χ3v) is 5.61. The third-order valence-electron chi connectivity index (χ3n) is 4.37. The van der Waals surface area contributed by atoms with Crippen LogP contribution in [0.25, 0.3) is 0 Å². The van der Waals surface area contributed by atoms with Crippen LogP contribution < -0.4 is 19.1 Å². The molecule has 0 saturated carbocycles. The molecule has 0 unspecified atom stereocenters. The summed E-state index contributed by atoms with van der Waals surface area (Å²) in [5, 5.41) is 2.87. The molecular formula is C20H26N2O5S. The first-order valence-electron chi connectivity index (χ1n) is 8.75. The zero-order valence-corrected chi connectivity index (χ0v) is 17.5. The van der Waals surface area contributed by atoms with Crippen molar-refractivity contribution in [3.8, 4) is 11.5 Å². The topological polar surface area (TPSA) is 84.9 Å². The van der Waals surface area contributed by atoms with Crippen LogP contribution in [-0.4, -0.2) is 40.8 Å². The molecule has 1 amide bonds. The van der Waals surface area contributed by atoms with Crippen LogP contribution in [0.1, 0.15) is 25.5 Å². The summed E-state index contributed by atoms with van der Waals surface area (Å²) in [7, 11) is -0.776. The highest BCUT2D eigenvalue weighted by Crippen LogP contribution is 2.33. The van der Waals surface area contributed by atoms with E-state index in [1.165, 1.54) is 20.3 Å². The predicted molar refractivity (Wildman–Crippen MR) is 109 cm³/mol. The summed E-state index contributed by atoms with van der Waals surface area (Å²) in [6.07, 6.45) is 1.06. The van der Waals surface area contributed by atoms with Crippen molar-refractivity contribution in [3.63, 3.8) is 0 Å². The molecule has 0 radical (unpaired) electrons. The maximum absolute atomic E-state index is 12.8. The molecule has 28 heavy (non-hydrogen) atoms. The number of hydrogen-bond donors (Lipinski definition) is 1. The Hall–Kier alpha value is -2.74. The van der Waals surface area contributed by atoms with Gasteiger partial charge in [-0.05, 0) is 31.5 Å². The van der Waals surface area contributed by atoms with Gasteiger partial charge in [-0.25, -0.2) is 8.42 Å². The van der Waals surface area contributed by atoms with Crippen LogP contribution in [0.15, 0.2) is 48.5 Å². The van der Waals surface area contributed by atoms with Crippen molar-refractivity contribution in [1.29, 1.82) is 0 Å². The molecule has 0 spiro atoms. The van der Waals surface area contributed by atoms with Gasteiger partial charge in [-0.3, -0.25) is 9.10 Å². The fourth-order valence-corrected chi connectivity index (χ4v) is 4.10. The van der Waals surface area contributed by atoms with Gasteiger partial charge in [0.15, 0.2) is 11.5 Å². The lowest BCUT2D eigenvalue weighted by Gasteiger charge is -2.29. The molecule has 2 aromatic rings. The van der Waals surface area contributed by atoms with Crippen LogP contribution >= 0.6 is 0 Å². The van der Waals surface area contributed by atoms with Crippen LogP contribution in [0.5, 0.6) is 11.5 Å². The first-order chi connectivity index (χ1) is 13.2. The van der Waals surface area contributed by atoms with Gasteiger partial charge in [0.1, 0.15) is 6.04 Å². The quantitative estimate of drug-likeness (QED) is 0.729. The summed E-state index contributed by atoms with van der Waals surface area (Å²) in [6.45, 7) is 3.39. The second-order valence-electron chi connectivity index (χ2n) is 6.42. The number of amides is 1. The first kappa shape index (κ1) is 21.6. The summed E-state index contributed by atoms with van der Waals surface area (Å²) < 4.78 is 36.4. The molecule has 2 atom stereocenters. The maximum atomic E-state index is 12.8. The Balaban J connectivity index is 2.31. The van der Waals surface area contributed by atoms with Gasteiger partial charge in [0, 0.05) is 6.07 Å². The van der Waals surface area contributed by atoms with Crippen molar-refractivity contribution < 1.29 is 22.7 Å². The number of ether oxygens (including phenoxy) is 2. The molecular weight excluding hydrogens is 380 g/mol. The number of anilines is 1. The Morgan fingerprint density at radius 1 is 1.00 bits per heavy atom. The number of sulfonamides is 1. The molecule has 0 aromatic heterocycles. The minimum Gasteiger partial charge on any atom is -0.493 e. The Morgan fingerprint density at radius 2 is 1.61 bits per heavy atom. The van der Waals surface area contributed by atoms with Crippen molar-refractivity contribution in [2.24, 2.45) is 0 Å². The summed E-state index contributed by atoms with van der Waals surface area (Å²) in [4.78, 5) is 12.8. The largest absolute Gasteiger partial charge is 0.493 e. The zero-order chi connectivity index (χ0) is 20.9. The van der Waals surface area contributed by atoms with E-state index < -0.39 is 22.0 Å². The summed E-state index contributed by atoms with van der Waals surface area (Å²) in [6, 6.07) is 12.9. The minimum absolute atomic E-state index is 0.261. The second kappa shape index (κ2) is 8.97. The Morgan fingerprint density at radius 3 is 2.14 bits per heavy atom. The highest BCUT2D eigenvalue weighted by atomic mass is 32.2. The highest BCUT2D eigenvalue weighted by Gasteiger charge is 2.30. The lowest BCUT2D eigenvalue weighted by Crippen LogP contribution is -2.48. The number of rotatable bonds is 8. The molecule has 0 fully saturated rings. The molecule has 0 aliphatic carbocycles. The fourth-order valence-electron chi connectivity index (χ4n) is 2.93. The third kappa shape index (κ3) is 4.95. The summed E-state index contributed by atoms with van der Waals surface area (Å²) in [5.74, 6) is 0.435. The van der Waals surface area contributed by atoms with Gasteiger partial charge in [0.2, 0.25) is 15.9 Å². The molecule has 152 valence electrons. The van der Waals surface area contributed by atoms with Crippen LogP contribution in [-0.2, 0) is 14.8 Å². The standard InChI is InChI=1S/C20H26N2O5S/c1-14(16-9-7-6-8-10-16)21-20(23)15(2)22(28(5,24)25)17-11-12-18(26-3)19(13-17)27-4/h6-15H,1-5H3,(H,21,23)/t14-,15+/m0/s1. The van der Waals surface area contributed by atoms with Gasteiger partial charge in [-0.2, -0.15) is 0 Å². The maximum Gasteiger partial charge on any atom is 0.244 e. The molecule has 0 heterocycles. The van der Waals surface area contributed by atoms with Gasteiger partial charge in [-0.1, -0.05) is 30.3 Å². The molecule has 8 heteroatoms. The molecule has 7 nitrogen and oxygen atoms in total. The smallest absolute Gasteiger partial charge is 0.244 e. The van der Waals surface area contributed by atoms with E-state index in [0.717, 1.165) is 16.1 Å². The monoisotopic (exact) mass is 406 g/mol. The number of benzene rings is 2. The first-order valence-corrected chi connectivity index (χ1v) is 10.6. The van der Waals surface area contributed by atoms with Gasteiger partial charge in [0.25, 0.3) is 0 Å². The SMILES string of the molecule is COc1ccc(N([C@H](C)C(=O)N[C@@H](C)c2ccccc2)S(C)(=O)=O)cc1OC. The Kier molecular flexibility index (Phi) is 6.90. The molecule has 2 rings (SSSR count). The van der Waals surface area contributed by atoms with Crippen LogP contribution in [0.2, 0.25) is 0 Å². The van der Waals surface area contributed by atoms with Crippen LogP contribution in [0.3, 0.4) is 0 Å². The van der Waals surface area contributed by atoms with Gasteiger partial charge >= 0.3 is 0 Å². The lowest BCUT2D eigenvalue weighted by molar-refractivity contribution is -0.122. The summed E-state index contributed by atoms with van der Waals surface area (Å²) >= 11 is 0. The van der Waals surface area contributed by atoms with Gasteiger partial charge < -0.3 is 14.8 Å². The van der Waals surface area contributed by atoms with Crippen molar-refractivity contribution in [1.82, 2.24) is 5.32 Å². The Bertz CT molecular complexity index is 915. The van der Waals surface area contributed by atoms with Gasteiger partial charge in [0.05, 0.1) is 32.2 Å². The number of hydrogen-bond acceptors (Lipinski definition) is 5. The molecule has 1 N–H and O–H groups in total. The van der Waals surface area contributed by atoms with Gasteiger partial charge in [-0.15, -0.1) is 0 Å². The van der Waals surface area contributed by atoms with E-state index in [1.54, 1.807) is 19.1 Å². The average Bonchev–Trinajstić information content (AvgIpc) is 2.67.